The number of aromatic nitrogens is 1. The summed E-state index contributed by atoms with van der Waals surface area (Å²) in [5.41, 5.74) is 1.04. The molecule has 5 heteroatoms. The molecule has 1 unspecified atom stereocenters. The van der Waals surface area contributed by atoms with Gasteiger partial charge in [-0.15, -0.1) is 0 Å². The minimum atomic E-state index is -0.824. The highest BCUT2D eigenvalue weighted by Crippen LogP contribution is 2.19. The van der Waals surface area contributed by atoms with Gasteiger partial charge >= 0.3 is 6.09 Å². The largest absolute Gasteiger partial charge is 0.465 e. The molecule has 1 fully saturated rings. The van der Waals surface area contributed by atoms with Crippen molar-refractivity contribution in [1.82, 2.24) is 14.8 Å². The smallest absolute Gasteiger partial charge is 0.407 e. The number of rotatable bonds is 2. The predicted octanol–water partition coefficient (Wildman–Crippen LogP) is 1.44. The summed E-state index contributed by atoms with van der Waals surface area (Å²) in [6.45, 7) is 4.80. The van der Waals surface area contributed by atoms with Crippen molar-refractivity contribution in [1.29, 1.82) is 0 Å². The van der Waals surface area contributed by atoms with Crippen molar-refractivity contribution >= 4 is 6.09 Å². The van der Waals surface area contributed by atoms with E-state index < -0.39 is 6.09 Å². The molecule has 0 radical (unpaired) electrons. The first-order chi connectivity index (χ1) is 8.18. The van der Waals surface area contributed by atoms with Crippen LogP contribution in [0.15, 0.2) is 24.4 Å². The first-order valence-corrected chi connectivity index (χ1v) is 5.81. The van der Waals surface area contributed by atoms with E-state index in [0.29, 0.717) is 13.1 Å². The second-order valence-electron chi connectivity index (χ2n) is 4.24. The van der Waals surface area contributed by atoms with Gasteiger partial charge in [-0.25, -0.2) is 4.79 Å². The molecule has 1 atom stereocenters. The number of hydrogen-bond acceptors (Lipinski definition) is 3. The Balaban J connectivity index is 1.95. The summed E-state index contributed by atoms with van der Waals surface area (Å²) in [5.74, 6) is 0. The monoisotopic (exact) mass is 235 g/mol. The molecule has 0 saturated carbocycles. The van der Waals surface area contributed by atoms with Gasteiger partial charge in [0.25, 0.3) is 0 Å². The molecule has 0 bridgehead atoms. The first-order valence-electron chi connectivity index (χ1n) is 5.81. The van der Waals surface area contributed by atoms with Gasteiger partial charge in [0, 0.05) is 38.4 Å². The van der Waals surface area contributed by atoms with Crippen LogP contribution < -0.4 is 0 Å². The van der Waals surface area contributed by atoms with E-state index in [4.69, 9.17) is 5.11 Å². The molecule has 0 spiro atoms. The third-order valence-electron chi connectivity index (χ3n) is 3.25. The van der Waals surface area contributed by atoms with Gasteiger partial charge in [0.05, 0.1) is 5.69 Å². The molecule has 1 aromatic heterocycles. The maximum Gasteiger partial charge on any atom is 0.407 e. The van der Waals surface area contributed by atoms with Gasteiger partial charge in [0.1, 0.15) is 0 Å². The van der Waals surface area contributed by atoms with Crippen LogP contribution in [0.25, 0.3) is 0 Å². The molecule has 17 heavy (non-hydrogen) atoms. The molecule has 0 aliphatic carbocycles. The quantitative estimate of drug-likeness (QED) is 0.842. The Morgan fingerprint density at radius 2 is 2.06 bits per heavy atom. The number of pyridine rings is 1. The Morgan fingerprint density at radius 1 is 1.35 bits per heavy atom. The summed E-state index contributed by atoms with van der Waals surface area (Å²) in [5, 5.41) is 8.88. The van der Waals surface area contributed by atoms with Crippen LogP contribution in [0.4, 0.5) is 4.79 Å². The van der Waals surface area contributed by atoms with Gasteiger partial charge < -0.3 is 10.0 Å². The van der Waals surface area contributed by atoms with Crippen molar-refractivity contribution in [2.24, 2.45) is 0 Å². The molecule has 1 aliphatic rings. The Morgan fingerprint density at radius 3 is 2.59 bits per heavy atom. The van der Waals surface area contributed by atoms with Gasteiger partial charge in [-0.2, -0.15) is 0 Å². The van der Waals surface area contributed by atoms with Crippen molar-refractivity contribution in [3.05, 3.63) is 30.1 Å². The Labute approximate surface area is 101 Å². The number of carboxylic acid groups (broad SMARTS) is 1. The standard InChI is InChI=1S/C12H17N3O2/c1-10(11-4-2-3-5-13-11)14-6-8-15(9-7-14)12(16)17/h2-5,10H,6-9H2,1H3,(H,16,17). The number of amides is 1. The van der Waals surface area contributed by atoms with E-state index in [-0.39, 0.29) is 6.04 Å². The molecule has 1 N–H and O–H groups in total. The van der Waals surface area contributed by atoms with Gasteiger partial charge in [0.15, 0.2) is 0 Å². The van der Waals surface area contributed by atoms with Crippen LogP contribution >= 0.6 is 0 Å². The van der Waals surface area contributed by atoms with Gasteiger partial charge in [-0.1, -0.05) is 6.07 Å². The van der Waals surface area contributed by atoms with Gasteiger partial charge in [-0.3, -0.25) is 9.88 Å². The number of nitrogens with zero attached hydrogens (tertiary/aromatic N) is 3. The fourth-order valence-corrected chi connectivity index (χ4v) is 2.11. The average molecular weight is 235 g/mol. The van der Waals surface area contributed by atoms with Crippen molar-refractivity contribution in [3.8, 4) is 0 Å². The molecule has 0 aromatic carbocycles. The molecule has 2 rings (SSSR count). The summed E-state index contributed by atoms with van der Waals surface area (Å²) >= 11 is 0. The minimum absolute atomic E-state index is 0.243. The third-order valence-corrected chi connectivity index (χ3v) is 3.25. The van der Waals surface area contributed by atoms with Crippen LogP contribution in [0.5, 0.6) is 0 Å². The topological polar surface area (TPSA) is 56.7 Å². The minimum Gasteiger partial charge on any atom is -0.465 e. The molecule has 92 valence electrons. The van der Waals surface area contributed by atoms with Crippen LogP contribution in [0.2, 0.25) is 0 Å². The van der Waals surface area contributed by atoms with Crippen LogP contribution in [0.3, 0.4) is 0 Å². The van der Waals surface area contributed by atoms with Crippen LogP contribution in [0.1, 0.15) is 18.7 Å². The molecule has 1 aromatic rings. The van der Waals surface area contributed by atoms with Crippen molar-refractivity contribution < 1.29 is 9.90 Å². The van der Waals surface area contributed by atoms with Crippen LogP contribution in [-0.2, 0) is 0 Å². The highest BCUT2D eigenvalue weighted by molar-refractivity contribution is 5.65. The van der Waals surface area contributed by atoms with E-state index in [2.05, 4.69) is 16.8 Å². The lowest BCUT2D eigenvalue weighted by Crippen LogP contribution is -2.48. The highest BCUT2D eigenvalue weighted by Gasteiger charge is 2.24. The van der Waals surface area contributed by atoms with Crippen LogP contribution in [0, 0.1) is 0 Å². The lowest BCUT2D eigenvalue weighted by atomic mass is 10.1. The first kappa shape index (κ1) is 11.9. The highest BCUT2D eigenvalue weighted by atomic mass is 16.4. The zero-order chi connectivity index (χ0) is 12.3. The van der Waals surface area contributed by atoms with E-state index in [9.17, 15) is 4.79 Å². The summed E-state index contributed by atoms with van der Waals surface area (Å²) in [4.78, 5) is 18.9. The Hall–Kier alpha value is -1.62. The second-order valence-corrected chi connectivity index (χ2v) is 4.24. The molecular weight excluding hydrogens is 218 g/mol. The van der Waals surface area contributed by atoms with Crippen LogP contribution in [-0.4, -0.2) is 52.2 Å². The number of piperazine rings is 1. The summed E-state index contributed by atoms with van der Waals surface area (Å²) in [6.07, 6.45) is 0.967. The summed E-state index contributed by atoms with van der Waals surface area (Å²) in [6, 6.07) is 6.13. The molecular formula is C12H17N3O2. The zero-order valence-electron chi connectivity index (χ0n) is 9.91. The van der Waals surface area contributed by atoms with Gasteiger partial charge in [0.2, 0.25) is 0 Å². The maximum absolute atomic E-state index is 10.8. The molecule has 1 aliphatic heterocycles. The SMILES string of the molecule is CC(c1ccccn1)N1CCN(C(=O)O)CC1. The fourth-order valence-electron chi connectivity index (χ4n) is 2.11. The van der Waals surface area contributed by atoms with E-state index in [1.807, 2.05) is 18.2 Å². The van der Waals surface area contributed by atoms with Crippen molar-refractivity contribution in [2.75, 3.05) is 26.2 Å². The Bertz CT molecular complexity index is 375. The number of carbonyl (C=O) groups is 1. The predicted molar refractivity (Wildman–Crippen MR) is 63.8 cm³/mol. The Kier molecular flexibility index (Phi) is 3.58. The molecule has 1 amide bonds. The lowest BCUT2D eigenvalue weighted by Gasteiger charge is -2.36. The van der Waals surface area contributed by atoms with E-state index in [1.165, 1.54) is 4.90 Å². The maximum atomic E-state index is 10.8. The van der Waals surface area contributed by atoms with Gasteiger partial charge in [-0.05, 0) is 19.1 Å². The van der Waals surface area contributed by atoms with E-state index >= 15 is 0 Å². The fraction of sp³-hybridized carbons (Fsp3) is 0.500. The molecule has 5 nitrogen and oxygen atoms in total. The molecule has 2 heterocycles. The van der Waals surface area contributed by atoms with E-state index in [1.54, 1.807) is 6.20 Å². The average Bonchev–Trinajstić information content (AvgIpc) is 2.39. The van der Waals surface area contributed by atoms with Crippen molar-refractivity contribution in [3.63, 3.8) is 0 Å². The second kappa shape index (κ2) is 5.14. The summed E-state index contributed by atoms with van der Waals surface area (Å²) < 4.78 is 0. The summed E-state index contributed by atoms with van der Waals surface area (Å²) in [7, 11) is 0. The zero-order valence-corrected chi connectivity index (χ0v) is 9.91. The van der Waals surface area contributed by atoms with Crippen molar-refractivity contribution in [2.45, 2.75) is 13.0 Å². The van der Waals surface area contributed by atoms with E-state index in [0.717, 1.165) is 18.8 Å². The number of hydrogen-bond donors (Lipinski definition) is 1. The molecule has 1 saturated heterocycles. The normalized spacial score (nSPS) is 19.0. The third kappa shape index (κ3) is 2.74. The lowest BCUT2D eigenvalue weighted by molar-refractivity contribution is 0.0880.